The average Bonchev–Trinajstić information content (AvgIpc) is 2.86. The third-order valence-corrected chi connectivity index (χ3v) is 3.98. The number of unbranched alkanes of at least 4 members (excludes halogenated alkanes) is 1. The molecule has 0 bridgehead atoms. The highest BCUT2D eigenvalue weighted by atomic mass is 35.5. The van der Waals surface area contributed by atoms with Crippen LogP contribution in [0.5, 0.6) is 0 Å². The molecule has 0 saturated carbocycles. The molecular weight excluding hydrogens is 248 g/mol. The smallest absolute Gasteiger partial charge is 0.222 e. The first kappa shape index (κ1) is 17.7. The summed E-state index contributed by atoms with van der Waals surface area (Å²) in [6.07, 6.45) is 6.66. The Balaban J connectivity index is 0.00000289. The van der Waals surface area contributed by atoms with Gasteiger partial charge in [0.25, 0.3) is 0 Å². The second kappa shape index (κ2) is 9.62. The Morgan fingerprint density at radius 2 is 2.17 bits per heavy atom. The van der Waals surface area contributed by atoms with Crippen LogP contribution in [0.4, 0.5) is 0 Å². The van der Waals surface area contributed by atoms with Crippen molar-refractivity contribution in [3.8, 4) is 0 Å². The summed E-state index contributed by atoms with van der Waals surface area (Å²) >= 11 is 0. The van der Waals surface area contributed by atoms with E-state index in [1.54, 1.807) is 0 Å². The molecule has 1 saturated heterocycles. The molecule has 4 heteroatoms. The lowest BCUT2D eigenvalue weighted by Gasteiger charge is -2.26. The number of hydrogen-bond donors (Lipinski definition) is 1. The molecule has 0 aromatic carbocycles. The third-order valence-electron chi connectivity index (χ3n) is 3.98. The zero-order chi connectivity index (χ0) is 12.7. The lowest BCUT2D eigenvalue weighted by molar-refractivity contribution is -0.132. The van der Waals surface area contributed by atoms with Crippen LogP contribution in [-0.2, 0) is 4.79 Å². The Morgan fingerprint density at radius 3 is 2.67 bits per heavy atom. The Morgan fingerprint density at radius 1 is 1.44 bits per heavy atom. The lowest BCUT2D eigenvalue weighted by Crippen LogP contribution is -2.39. The van der Waals surface area contributed by atoms with Gasteiger partial charge in [-0.25, -0.2) is 0 Å². The van der Waals surface area contributed by atoms with Crippen LogP contribution < -0.4 is 5.32 Å². The predicted octanol–water partition coefficient (Wildman–Crippen LogP) is 2.84. The maximum Gasteiger partial charge on any atom is 0.222 e. The highest BCUT2D eigenvalue weighted by molar-refractivity contribution is 5.85. The van der Waals surface area contributed by atoms with Crippen molar-refractivity contribution in [3.05, 3.63) is 0 Å². The topological polar surface area (TPSA) is 32.3 Å². The Kier molecular flexibility index (Phi) is 9.47. The molecule has 18 heavy (non-hydrogen) atoms. The Hall–Kier alpha value is -0.280. The lowest BCUT2D eigenvalue weighted by atomic mass is 9.95. The molecule has 1 amide bonds. The molecule has 0 aliphatic carbocycles. The first-order chi connectivity index (χ1) is 8.19. The quantitative estimate of drug-likeness (QED) is 0.776. The predicted molar refractivity (Wildman–Crippen MR) is 79.2 cm³/mol. The Labute approximate surface area is 118 Å². The molecule has 2 unspecified atom stereocenters. The monoisotopic (exact) mass is 276 g/mol. The van der Waals surface area contributed by atoms with E-state index in [0.717, 1.165) is 32.4 Å². The van der Waals surface area contributed by atoms with Crippen LogP contribution in [-0.4, -0.2) is 37.0 Å². The molecular formula is C14H29ClN2O. The number of nitrogens with one attached hydrogen (secondary N) is 1. The summed E-state index contributed by atoms with van der Waals surface area (Å²) in [6, 6.07) is 0.422. The summed E-state index contributed by atoms with van der Waals surface area (Å²) < 4.78 is 0. The number of carbonyl (C=O) groups is 1. The number of amides is 1. The van der Waals surface area contributed by atoms with Crippen LogP contribution >= 0.6 is 12.4 Å². The van der Waals surface area contributed by atoms with Crippen LogP contribution in [0.25, 0.3) is 0 Å². The molecule has 108 valence electrons. The average molecular weight is 277 g/mol. The fraction of sp³-hybridized carbons (Fsp3) is 0.929. The first-order valence-corrected chi connectivity index (χ1v) is 7.15. The summed E-state index contributed by atoms with van der Waals surface area (Å²) in [5, 5.41) is 3.32. The van der Waals surface area contributed by atoms with Crippen molar-refractivity contribution >= 4 is 18.3 Å². The van der Waals surface area contributed by atoms with E-state index in [0.29, 0.717) is 17.9 Å². The van der Waals surface area contributed by atoms with Gasteiger partial charge in [0.1, 0.15) is 0 Å². The molecule has 1 heterocycles. The maximum absolute atomic E-state index is 12.2. The van der Waals surface area contributed by atoms with E-state index in [2.05, 4.69) is 19.2 Å². The minimum absolute atomic E-state index is 0. The van der Waals surface area contributed by atoms with Crippen molar-refractivity contribution in [3.63, 3.8) is 0 Å². The first-order valence-electron chi connectivity index (χ1n) is 7.15. The van der Waals surface area contributed by atoms with E-state index < -0.39 is 0 Å². The van der Waals surface area contributed by atoms with Crippen LogP contribution in [0.2, 0.25) is 0 Å². The number of likely N-dealkylation sites (N-methyl/N-ethyl adjacent to an activating group) is 1. The molecule has 0 aromatic rings. The van der Waals surface area contributed by atoms with E-state index in [1.807, 2.05) is 11.9 Å². The zero-order valence-corrected chi connectivity index (χ0v) is 12.9. The van der Waals surface area contributed by atoms with Gasteiger partial charge in [-0.05, 0) is 25.3 Å². The van der Waals surface area contributed by atoms with Crippen molar-refractivity contribution in [1.29, 1.82) is 0 Å². The van der Waals surface area contributed by atoms with Gasteiger partial charge in [0.2, 0.25) is 5.91 Å². The largest absolute Gasteiger partial charge is 0.341 e. The van der Waals surface area contributed by atoms with E-state index in [9.17, 15) is 4.79 Å². The molecule has 0 radical (unpaired) electrons. The van der Waals surface area contributed by atoms with Gasteiger partial charge in [0.15, 0.2) is 0 Å². The molecule has 0 spiro atoms. The normalized spacial score (nSPS) is 20.3. The molecule has 0 aromatic heterocycles. The van der Waals surface area contributed by atoms with Gasteiger partial charge in [-0.15, -0.1) is 12.4 Å². The van der Waals surface area contributed by atoms with E-state index >= 15 is 0 Å². The summed E-state index contributed by atoms with van der Waals surface area (Å²) in [5.41, 5.74) is 0. The fourth-order valence-electron chi connectivity index (χ4n) is 2.51. The van der Waals surface area contributed by atoms with Gasteiger partial charge in [-0.1, -0.05) is 33.1 Å². The van der Waals surface area contributed by atoms with Crippen molar-refractivity contribution < 1.29 is 4.79 Å². The minimum Gasteiger partial charge on any atom is -0.341 e. The van der Waals surface area contributed by atoms with Gasteiger partial charge in [-0.3, -0.25) is 4.79 Å². The third kappa shape index (κ3) is 5.57. The highest BCUT2D eigenvalue weighted by Gasteiger charge is 2.24. The van der Waals surface area contributed by atoms with Gasteiger partial charge < -0.3 is 10.2 Å². The molecule has 1 aliphatic rings. The SMILES string of the molecule is CCCCC(CC)CC(=O)N(C)C1CCNC1.Cl. The van der Waals surface area contributed by atoms with Crippen LogP contribution in [0.1, 0.15) is 52.4 Å². The van der Waals surface area contributed by atoms with E-state index in [1.165, 1.54) is 19.3 Å². The summed E-state index contributed by atoms with van der Waals surface area (Å²) in [5.74, 6) is 0.918. The summed E-state index contributed by atoms with van der Waals surface area (Å²) in [4.78, 5) is 14.1. The van der Waals surface area contributed by atoms with Crippen LogP contribution in [0.15, 0.2) is 0 Å². The summed E-state index contributed by atoms with van der Waals surface area (Å²) in [7, 11) is 1.96. The number of nitrogens with zero attached hydrogens (tertiary/aromatic N) is 1. The standard InChI is InChI=1S/C14H28N2O.ClH/c1-4-6-7-12(5-2)10-14(17)16(3)13-8-9-15-11-13;/h12-13,15H,4-11H2,1-3H3;1H. The van der Waals surface area contributed by atoms with Crippen LogP contribution in [0, 0.1) is 5.92 Å². The van der Waals surface area contributed by atoms with Crippen molar-refractivity contribution in [1.82, 2.24) is 10.2 Å². The number of carbonyl (C=O) groups excluding carboxylic acids is 1. The van der Waals surface area contributed by atoms with Crippen LogP contribution in [0.3, 0.4) is 0 Å². The van der Waals surface area contributed by atoms with Gasteiger partial charge in [0, 0.05) is 26.1 Å². The van der Waals surface area contributed by atoms with E-state index in [-0.39, 0.29) is 12.4 Å². The second-order valence-electron chi connectivity index (χ2n) is 5.27. The highest BCUT2D eigenvalue weighted by Crippen LogP contribution is 2.19. The molecule has 1 fully saturated rings. The molecule has 1 aliphatic heterocycles. The number of hydrogen-bond acceptors (Lipinski definition) is 2. The van der Waals surface area contributed by atoms with E-state index in [4.69, 9.17) is 0 Å². The molecule has 3 nitrogen and oxygen atoms in total. The number of halogens is 1. The second-order valence-corrected chi connectivity index (χ2v) is 5.27. The van der Waals surface area contributed by atoms with Gasteiger partial charge >= 0.3 is 0 Å². The van der Waals surface area contributed by atoms with Crippen molar-refractivity contribution in [2.45, 2.75) is 58.4 Å². The molecule has 1 rings (SSSR count). The van der Waals surface area contributed by atoms with Gasteiger partial charge in [0.05, 0.1) is 0 Å². The fourth-order valence-corrected chi connectivity index (χ4v) is 2.51. The maximum atomic E-state index is 12.2. The molecule has 1 N–H and O–H groups in total. The Bertz CT molecular complexity index is 230. The summed E-state index contributed by atoms with van der Waals surface area (Å²) in [6.45, 7) is 6.43. The number of rotatable bonds is 7. The van der Waals surface area contributed by atoms with Gasteiger partial charge in [-0.2, -0.15) is 0 Å². The van der Waals surface area contributed by atoms with Crippen molar-refractivity contribution in [2.75, 3.05) is 20.1 Å². The molecule has 2 atom stereocenters. The minimum atomic E-state index is 0. The zero-order valence-electron chi connectivity index (χ0n) is 12.1. The van der Waals surface area contributed by atoms with Crippen molar-refractivity contribution in [2.24, 2.45) is 5.92 Å².